The maximum absolute atomic E-state index is 4.38. The lowest BCUT2D eigenvalue weighted by Crippen LogP contribution is -2.04. The van der Waals surface area contributed by atoms with Gasteiger partial charge in [-0.1, -0.05) is 0 Å². The molecule has 0 amide bonds. The molecule has 5 heteroatoms. The Kier molecular flexibility index (Phi) is 4.18. The topological polar surface area (TPSA) is 61.9 Å². The second kappa shape index (κ2) is 6.04. The van der Waals surface area contributed by atoms with E-state index in [1.807, 2.05) is 51.2 Å². The SMILES string of the molecule is CCNc1cc(Nc2ccc(NC)cc2)nc(C)n1. The molecule has 1 heterocycles. The minimum Gasteiger partial charge on any atom is -0.388 e. The molecule has 0 saturated heterocycles. The fourth-order valence-electron chi connectivity index (χ4n) is 1.77. The summed E-state index contributed by atoms with van der Waals surface area (Å²) in [5.41, 5.74) is 2.08. The fraction of sp³-hybridized carbons (Fsp3) is 0.286. The molecule has 5 nitrogen and oxygen atoms in total. The van der Waals surface area contributed by atoms with Crippen molar-refractivity contribution in [3.63, 3.8) is 0 Å². The van der Waals surface area contributed by atoms with E-state index in [0.29, 0.717) is 0 Å². The summed E-state index contributed by atoms with van der Waals surface area (Å²) in [5.74, 6) is 2.37. The van der Waals surface area contributed by atoms with Gasteiger partial charge >= 0.3 is 0 Å². The van der Waals surface area contributed by atoms with Crippen molar-refractivity contribution < 1.29 is 0 Å². The van der Waals surface area contributed by atoms with E-state index in [4.69, 9.17) is 0 Å². The second-order valence-corrected chi connectivity index (χ2v) is 4.17. The number of aryl methyl sites for hydroxylation is 1. The van der Waals surface area contributed by atoms with Gasteiger partial charge < -0.3 is 16.0 Å². The van der Waals surface area contributed by atoms with E-state index in [1.165, 1.54) is 0 Å². The highest BCUT2D eigenvalue weighted by molar-refractivity contribution is 5.61. The molecule has 0 aliphatic heterocycles. The molecule has 0 unspecified atom stereocenters. The zero-order valence-corrected chi connectivity index (χ0v) is 11.5. The van der Waals surface area contributed by atoms with Gasteiger partial charge in [0.05, 0.1) is 0 Å². The first-order valence-corrected chi connectivity index (χ1v) is 6.35. The fourth-order valence-corrected chi connectivity index (χ4v) is 1.77. The first-order valence-electron chi connectivity index (χ1n) is 6.35. The zero-order chi connectivity index (χ0) is 13.7. The average molecular weight is 257 g/mol. The van der Waals surface area contributed by atoms with Crippen molar-refractivity contribution in [2.75, 3.05) is 29.5 Å². The van der Waals surface area contributed by atoms with Crippen LogP contribution in [0.15, 0.2) is 30.3 Å². The van der Waals surface area contributed by atoms with Crippen molar-refractivity contribution in [3.8, 4) is 0 Å². The molecule has 1 aromatic heterocycles. The van der Waals surface area contributed by atoms with Crippen LogP contribution in [-0.2, 0) is 0 Å². The molecule has 0 saturated carbocycles. The molecule has 1 aromatic carbocycles. The molecule has 0 aliphatic rings. The van der Waals surface area contributed by atoms with Gasteiger partial charge in [-0.25, -0.2) is 9.97 Å². The van der Waals surface area contributed by atoms with Crippen LogP contribution in [0.2, 0.25) is 0 Å². The van der Waals surface area contributed by atoms with Crippen LogP contribution in [0.25, 0.3) is 0 Å². The number of rotatable bonds is 5. The van der Waals surface area contributed by atoms with Gasteiger partial charge in [0.15, 0.2) is 0 Å². The Bertz CT molecular complexity index is 536. The highest BCUT2D eigenvalue weighted by Gasteiger charge is 2.01. The van der Waals surface area contributed by atoms with Crippen LogP contribution < -0.4 is 16.0 Å². The summed E-state index contributed by atoms with van der Waals surface area (Å²) in [6.07, 6.45) is 0. The van der Waals surface area contributed by atoms with Gasteiger partial charge in [-0.15, -0.1) is 0 Å². The van der Waals surface area contributed by atoms with Crippen LogP contribution >= 0.6 is 0 Å². The molecule has 0 aliphatic carbocycles. The van der Waals surface area contributed by atoms with Crippen molar-refractivity contribution in [2.45, 2.75) is 13.8 Å². The number of nitrogens with zero attached hydrogens (tertiary/aromatic N) is 2. The Morgan fingerprint density at radius 3 is 2.26 bits per heavy atom. The predicted molar refractivity (Wildman–Crippen MR) is 80.2 cm³/mol. The highest BCUT2D eigenvalue weighted by atomic mass is 15.1. The molecule has 3 N–H and O–H groups in total. The molecule has 0 fully saturated rings. The van der Waals surface area contributed by atoms with Gasteiger partial charge in [-0.2, -0.15) is 0 Å². The lowest BCUT2D eigenvalue weighted by atomic mass is 10.3. The molecular formula is C14H19N5. The highest BCUT2D eigenvalue weighted by Crippen LogP contribution is 2.19. The standard InChI is InChI=1S/C14H19N5/c1-4-16-13-9-14(18-10(2)17-13)19-12-7-5-11(15-3)6-8-12/h5-9,15H,4H2,1-3H3,(H2,16,17,18,19). The zero-order valence-electron chi connectivity index (χ0n) is 11.5. The van der Waals surface area contributed by atoms with Crippen molar-refractivity contribution in [1.82, 2.24) is 9.97 Å². The molecule has 0 bridgehead atoms. The van der Waals surface area contributed by atoms with E-state index in [1.54, 1.807) is 0 Å². The lowest BCUT2D eigenvalue weighted by Gasteiger charge is -2.09. The number of aromatic nitrogens is 2. The monoisotopic (exact) mass is 257 g/mol. The van der Waals surface area contributed by atoms with Crippen LogP contribution in [-0.4, -0.2) is 23.6 Å². The number of anilines is 4. The van der Waals surface area contributed by atoms with E-state index in [9.17, 15) is 0 Å². The normalized spacial score (nSPS) is 10.1. The van der Waals surface area contributed by atoms with Crippen molar-refractivity contribution >= 4 is 23.0 Å². The molecular weight excluding hydrogens is 238 g/mol. The van der Waals surface area contributed by atoms with Crippen LogP contribution in [0.3, 0.4) is 0 Å². The summed E-state index contributed by atoms with van der Waals surface area (Å²) in [5, 5.41) is 9.56. The van der Waals surface area contributed by atoms with E-state index < -0.39 is 0 Å². The summed E-state index contributed by atoms with van der Waals surface area (Å²) < 4.78 is 0. The molecule has 100 valence electrons. The molecule has 2 aromatic rings. The van der Waals surface area contributed by atoms with Crippen LogP contribution in [0.4, 0.5) is 23.0 Å². The number of benzene rings is 1. The molecule has 0 radical (unpaired) electrons. The maximum atomic E-state index is 4.38. The molecule has 0 atom stereocenters. The average Bonchev–Trinajstić information content (AvgIpc) is 2.39. The van der Waals surface area contributed by atoms with E-state index in [2.05, 4.69) is 25.9 Å². The first kappa shape index (κ1) is 13.1. The summed E-state index contributed by atoms with van der Waals surface area (Å²) in [4.78, 5) is 8.70. The molecule has 0 spiro atoms. The van der Waals surface area contributed by atoms with Crippen LogP contribution in [0.1, 0.15) is 12.7 Å². The number of hydrogen-bond acceptors (Lipinski definition) is 5. The predicted octanol–water partition coefficient (Wildman–Crippen LogP) is 3.00. The van der Waals surface area contributed by atoms with Gasteiger partial charge in [-0.05, 0) is 38.1 Å². The van der Waals surface area contributed by atoms with E-state index in [-0.39, 0.29) is 0 Å². The summed E-state index contributed by atoms with van der Waals surface area (Å²) in [7, 11) is 1.90. The quantitative estimate of drug-likeness (QED) is 0.768. The van der Waals surface area contributed by atoms with Crippen LogP contribution in [0.5, 0.6) is 0 Å². The maximum Gasteiger partial charge on any atom is 0.136 e. The number of nitrogens with one attached hydrogen (secondary N) is 3. The van der Waals surface area contributed by atoms with Gasteiger partial charge in [0.1, 0.15) is 17.5 Å². The minimum atomic E-state index is 0.743. The van der Waals surface area contributed by atoms with Gasteiger partial charge in [-0.3, -0.25) is 0 Å². The van der Waals surface area contributed by atoms with E-state index in [0.717, 1.165) is 35.4 Å². The smallest absolute Gasteiger partial charge is 0.136 e. The summed E-state index contributed by atoms with van der Waals surface area (Å²) >= 11 is 0. The Hall–Kier alpha value is -2.30. The third-order valence-corrected chi connectivity index (χ3v) is 2.64. The Balaban J connectivity index is 2.17. The van der Waals surface area contributed by atoms with E-state index >= 15 is 0 Å². The minimum absolute atomic E-state index is 0.743. The lowest BCUT2D eigenvalue weighted by molar-refractivity contribution is 1.04. The molecule has 19 heavy (non-hydrogen) atoms. The Labute approximate surface area is 113 Å². The first-order chi connectivity index (χ1) is 9.21. The van der Waals surface area contributed by atoms with Crippen molar-refractivity contribution in [1.29, 1.82) is 0 Å². The molecule has 2 rings (SSSR count). The largest absolute Gasteiger partial charge is 0.388 e. The Morgan fingerprint density at radius 1 is 1.00 bits per heavy atom. The van der Waals surface area contributed by atoms with Crippen molar-refractivity contribution in [2.24, 2.45) is 0 Å². The second-order valence-electron chi connectivity index (χ2n) is 4.17. The summed E-state index contributed by atoms with van der Waals surface area (Å²) in [6.45, 7) is 4.77. The third-order valence-electron chi connectivity index (χ3n) is 2.64. The van der Waals surface area contributed by atoms with Crippen LogP contribution in [0, 0.1) is 6.92 Å². The van der Waals surface area contributed by atoms with Gasteiger partial charge in [0.25, 0.3) is 0 Å². The number of hydrogen-bond donors (Lipinski definition) is 3. The summed E-state index contributed by atoms with van der Waals surface area (Å²) in [6, 6.07) is 9.96. The van der Waals surface area contributed by atoms with Crippen molar-refractivity contribution in [3.05, 3.63) is 36.2 Å². The third kappa shape index (κ3) is 3.58. The van der Waals surface area contributed by atoms with Gasteiger partial charge in [0, 0.05) is 31.0 Å². The van der Waals surface area contributed by atoms with Gasteiger partial charge in [0.2, 0.25) is 0 Å². The Morgan fingerprint density at radius 2 is 1.63 bits per heavy atom.